The molecule has 3 atom stereocenters. The van der Waals surface area contributed by atoms with Crippen molar-refractivity contribution >= 4 is 17.9 Å². The minimum Gasteiger partial charge on any atom is -0.444 e. The highest BCUT2D eigenvalue weighted by atomic mass is 16.6. The quantitative estimate of drug-likeness (QED) is 0.462. The highest BCUT2D eigenvalue weighted by Gasteiger charge is 2.42. The number of amides is 3. The molecule has 0 saturated heterocycles. The third-order valence-electron chi connectivity index (χ3n) is 6.26. The number of rotatable bonds is 10. The van der Waals surface area contributed by atoms with Gasteiger partial charge in [0.25, 0.3) is 0 Å². The Kier molecular flexibility index (Phi) is 10.1. The van der Waals surface area contributed by atoms with Crippen molar-refractivity contribution < 1.29 is 24.2 Å². The van der Waals surface area contributed by atoms with Crippen molar-refractivity contribution in [1.82, 2.24) is 15.5 Å². The highest BCUT2D eigenvalue weighted by molar-refractivity contribution is 5.92. The second-order valence-corrected chi connectivity index (χ2v) is 10.7. The maximum atomic E-state index is 13.9. The molecule has 35 heavy (non-hydrogen) atoms. The lowest BCUT2D eigenvalue weighted by Gasteiger charge is -2.44. The Balaban J connectivity index is 2.48. The fourth-order valence-corrected chi connectivity index (χ4v) is 4.30. The molecule has 8 heteroatoms. The molecule has 8 nitrogen and oxygen atoms in total. The topological polar surface area (TPSA) is 108 Å². The molecule has 2 rings (SSSR count). The van der Waals surface area contributed by atoms with Gasteiger partial charge in [0, 0.05) is 12.1 Å². The minimum atomic E-state index is -1.22. The van der Waals surface area contributed by atoms with Crippen molar-refractivity contribution in [3.05, 3.63) is 34.9 Å². The predicted molar refractivity (Wildman–Crippen MR) is 136 cm³/mol. The van der Waals surface area contributed by atoms with Gasteiger partial charge < -0.3 is 25.4 Å². The van der Waals surface area contributed by atoms with Crippen LogP contribution in [0.4, 0.5) is 4.79 Å². The summed E-state index contributed by atoms with van der Waals surface area (Å²) in [5, 5.41) is 15.6. The van der Waals surface area contributed by atoms with Crippen LogP contribution in [0.2, 0.25) is 0 Å². The van der Waals surface area contributed by atoms with Gasteiger partial charge in [-0.15, -0.1) is 0 Å². The normalized spacial score (nSPS) is 16.5. The Morgan fingerprint density at radius 3 is 2.34 bits per heavy atom. The molecule has 196 valence electrons. The Hall–Kier alpha value is -2.61. The average Bonchev–Trinajstić information content (AvgIpc) is 2.71. The van der Waals surface area contributed by atoms with Crippen molar-refractivity contribution in [1.29, 1.82) is 0 Å². The molecule has 0 aliphatic heterocycles. The maximum Gasteiger partial charge on any atom is 0.408 e. The van der Waals surface area contributed by atoms with Crippen LogP contribution in [0.1, 0.15) is 89.5 Å². The van der Waals surface area contributed by atoms with E-state index in [1.807, 2.05) is 39.0 Å². The molecular weight excluding hydrogens is 446 g/mol. The summed E-state index contributed by atoms with van der Waals surface area (Å²) in [7, 11) is 0. The molecule has 0 heterocycles. The molecule has 1 aromatic rings. The van der Waals surface area contributed by atoms with Crippen molar-refractivity contribution in [2.75, 3.05) is 6.61 Å². The molecular formula is C27H43N3O5. The van der Waals surface area contributed by atoms with E-state index in [2.05, 4.69) is 17.6 Å². The molecule has 0 spiro atoms. The highest BCUT2D eigenvalue weighted by Crippen LogP contribution is 2.35. The number of nitrogens with one attached hydrogen (secondary N) is 2. The van der Waals surface area contributed by atoms with E-state index in [9.17, 15) is 19.5 Å². The summed E-state index contributed by atoms with van der Waals surface area (Å²) in [6, 6.07) is 3.57. The number of carbonyl (C=O) groups excluding carboxylic acids is 3. The summed E-state index contributed by atoms with van der Waals surface area (Å²) in [6.45, 7) is 12.5. The maximum absolute atomic E-state index is 13.9. The van der Waals surface area contributed by atoms with Gasteiger partial charge in [-0.2, -0.15) is 0 Å². The number of hydrogen-bond acceptors (Lipinski definition) is 5. The zero-order valence-corrected chi connectivity index (χ0v) is 22.3. The summed E-state index contributed by atoms with van der Waals surface area (Å²) in [5.74, 6) is -0.749. The standard InChI is InChI=1S/C27H43N3O5/c1-8-10-19(4)28-24(32)23(21-15-17(2)13-14-18(21)3)30(20-11-9-12-20)25(33)22(16-31)29-26(34)35-27(5,6)7/h13-15,19-20,22-23,31H,8-12,16H2,1-7H3,(H,28,32)(H,29,34). The molecule has 3 amide bonds. The van der Waals surface area contributed by atoms with Crippen LogP contribution in [0.15, 0.2) is 18.2 Å². The number of aliphatic hydroxyl groups excluding tert-OH is 1. The predicted octanol–water partition coefficient (Wildman–Crippen LogP) is 3.92. The van der Waals surface area contributed by atoms with Crippen LogP contribution in [0.3, 0.4) is 0 Å². The van der Waals surface area contributed by atoms with Crippen LogP contribution in [0, 0.1) is 13.8 Å². The average molecular weight is 490 g/mol. The molecule has 1 aromatic carbocycles. The van der Waals surface area contributed by atoms with Crippen molar-refractivity contribution in [2.24, 2.45) is 0 Å². The Morgan fingerprint density at radius 2 is 1.83 bits per heavy atom. The van der Waals surface area contributed by atoms with Crippen LogP contribution >= 0.6 is 0 Å². The summed E-state index contributed by atoms with van der Waals surface area (Å²) in [5.41, 5.74) is 1.88. The largest absolute Gasteiger partial charge is 0.444 e. The van der Waals surface area contributed by atoms with Gasteiger partial charge in [-0.1, -0.05) is 37.1 Å². The zero-order valence-electron chi connectivity index (χ0n) is 22.3. The van der Waals surface area contributed by atoms with Crippen LogP contribution in [-0.4, -0.2) is 58.2 Å². The minimum absolute atomic E-state index is 0.0491. The van der Waals surface area contributed by atoms with Crippen LogP contribution in [0.25, 0.3) is 0 Å². The first kappa shape index (κ1) is 28.6. The first-order valence-corrected chi connectivity index (χ1v) is 12.7. The molecule has 0 radical (unpaired) electrons. The van der Waals surface area contributed by atoms with Gasteiger partial charge >= 0.3 is 6.09 Å². The van der Waals surface area contributed by atoms with E-state index < -0.39 is 36.3 Å². The molecule has 3 N–H and O–H groups in total. The monoisotopic (exact) mass is 489 g/mol. The number of benzene rings is 1. The lowest BCUT2D eigenvalue weighted by atomic mass is 9.87. The SMILES string of the molecule is CCCC(C)NC(=O)C(c1cc(C)ccc1C)N(C(=O)C(CO)NC(=O)OC(C)(C)C)C1CCC1. The number of carbonyl (C=O) groups is 3. The molecule has 0 bridgehead atoms. The summed E-state index contributed by atoms with van der Waals surface area (Å²) in [6.07, 6.45) is 3.42. The van der Waals surface area contributed by atoms with Gasteiger partial charge in [-0.25, -0.2) is 4.79 Å². The number of aryl methyl sites for hydroxylation is 2. The summed E-state index contributed by atoms with van der Waals surface area (Å²) >= 11 is 0. The van der Waals surface area contributed by atoms with Gasteiger partial charge in [0.2, 0.25) is 11.8 Å². The van der Waals surface area contributed by atoms with E-state index in [4.69, 9.17) is 4.74 Å². The van der Waals surface area contributed by atoms with Crippen molar-refractivity contribution in [3.63, 3.8) is 0 Å². The van der Waals surface area contributed by atoms with E-state index in [1.54, 1.807) is 25.7 Å². The van der Waals surface area contributed by atoms with E-state index in [1.165, 1.54) is 0 Å². The molecule has 1 aliphatic carbocycles. The van der Waals surface area contributed by atoms with Gasteiger partial charge in [-0.3, -0.25) is 9.59 Å². The van der Waals surface area contributed by atoms with Gasteiger partial charge in [0.05, 0.1) is 6.61 Å². The van der Waals surface area contributed by atoms with Crippen molar-refractivity contribution in [2.45, 2.75) is 110 Å². The number of ether oxygens (including phenoxy) is 1. The number of nitrogens with zero attached hydrogens (tertiary/aromatic N) is 1. The summed E-state index contributed by atoms with van der Waals surface area (Å²) in [4.78, 5) is 41.6. The third-order valence-corrected chi connectivity index (χ3v) is 6.26. The second kappa shape index (κ2) is 12.4. The second-order valence-electron chi connectivity index (χ2n) is 10.7. The third kappa shape index (κ3) is 7.95. The van der Waals surface area contributed by atoms with Gasteiger partial charge in [0.1, 0.15) is 17.7 Å². The number of alkyl carbamates (subject to hydrolysis) is 1. The first-order chi connectivity index (χ1) is 16.4. The fourth-order valence-electron chi connectivity index (χ4n) is 4.30. The molecule has 3 unspecified atom stereocenters. The summed E-state index contributed by atoms with van der Waals surface area (Å²) < 4.78 is 5.30. The van der Waals surface area contributed by atoms with Crippen LogP contribution in [0.5, 0.6) is 0 Å². The van der Waals surface area contributed by atoms with Gasteiger partial charge in [0.15, 0.2) is 0 Å². The molecule has 1 fully saturated rings. The Labute approximate surface area is 209 Å². The number of hydrogen-bond donors (Lipinski definition) is 3. The van der Waals surface area contributed by atoms with E-state index in [-0.39, 0.29) is 18.0 Å². The lowest BCUT2D eigenvalue weighted by molar-refractivity contribution is -0.148. The van der Waals surface area contributed by atoms with Crippen LogP contribution in [-0.2, 0) is 14.3 Å². The van der Waals surface area contributed by atoms with E-state index >= 15 is 0 Å². The lowest BCUT2D eigenvalue weighted by Crippen LogP contribution is -2.59. The first-order valence-electron chi connectivity index (χ1n) is 12.7. The fraction of sp³-hybridized carbons (Fsp3) is 0.667. The van der Waals surface area contributed by atoms with Crippen LogP contribution < -0.4 is 10.6 Å². The Morgan fingerprint density at radius 1 is 1.17 bits per heavy atom. The van der Waals surface area contributed by atoms with E-state index in [0.29, 0.717) is 0 Å². The number of aliphatic hydroxyl groups is 1. The molecule has 1 aliphatic rings. The molecule has 0 aromatic heterocycles. The molecule has 1 saturated carbocycles. The van der Waals surface area contributed by atoms with Gasteiger partial charge in [-0.05, 0) is 78.4 Å². The zero-order chi connectivity index (χ0) is 26.3. The van der Waals surface area contributed by atoms with E-state index in [0.717, 1.165) is 48.8 Å². The smallest absolute Gasteiger partial charge is 0.408 e. The van der Waals surface area contributed by atoms with Crippen molar-refractivity contribution in [3.8, 4) is 0 Å². The Bertz CT molecular complexity index is 891.